The Balaban J connectivity index is 1.68. The molecule has 0 saturated heterocycles. The molecule has 3 rings (SSSR count). The first kappa shape index (κ1) is 24.3. The molecule has 0 aliphatic heterocycles. The van der Waals surface area contributed by atoms with Crippen LogP contribution in [0.3, 0.4) is 0 Å². The van der Waals surface area contributed by atoms with E-state index in [1.165, 1.54) is 12.1 Å². The number of nitrogens with one attached hydrogen (secondary N) is 1. The van der Waals surface area contributed by atoms with Crippen LogP contribution in [0, 0.1) is 6.92 Å². The Morgan fingerprint density at radius 2 is 1.67 bits per heavy atom. The Labute approximate surface area is 196 Å². The number of carbonyl (C=O) groups is 1. The molecule has 3 aromatic carbocycles. The third-order valence-electron chi connectivity index (χ3n) is 5.13. The fraction of sp³-hybridized carbons (Fsp3) is 0.269. The standard InChI is InChI=1S/C26H30N2O4S/c1-20(2)24-14-7-8-15-25(24)32-17-16-27-26(29)19-28(22-11-9-10-21(3)18-22)33(30,31)23-12-5-4-6-13-23/h4-15,18,20H,16-17,19H2,1-3H3,(H,27,29). The predicted molar refractivity (Wildman–Crippen MR) is 131 cm³/mol. The van der Waals surface area contributed by atoms with Crippen LogP contribution in [0.25, 0.3) is 0 Å². The molecule has 0 atom stereocenters. The molecule has 0 aliphatic carbocycles. The second-order valence-corrected chi connectivity index (χ2v) is 9.92. The lowest BCUT2D eigenvalue weighted by molar-refractivity contribution is -0.119. The molecule has 6 nitrogen and oxygen atoms in total. The van der Waals surface area contributed by atoms with Crippen LogP contribution < -0.4 is 14.4 Å². The summed E-state index contributed by atoms with van der Waals surface area (Å²) in [5.74, 6) is 0.702. The molecule has 0 radical (unpaired) electrons. The van der Waals surface area contributed by atoms with Gasteiger partial charge in [0.05, 0.1) is 17.1 Å². The molecule has 174 valence electrons. The van der Waals surface area contributed by atoms with E-state index in [1.807, 2.05) is 37.3 Å². The quantitative estimate of drug-likeness (QED) is 0.446. The highest BCUT2D eigenvalue weighted by atomic mass is 32.2. The zero-order chi connectivity index (χ0) is 23.8. The minimum absolute atomic E-state index is 0.132. The van der Waals surface area contributed by atoms with Crippen molar-refractivity contribution in [1.29, 1.82) is 0 Å². The normalized spacial score (nSPS) is 11.3. The van der Waals surface area contributed by atoms with Gasteiger partial charge in [0.1, 0.15) is 18.9 Å². The Morgan fingerprint density at radius 3 is 2.36 bits per heavy atom. The molecular formula is C26H30N2O4S. The van der Waals surface area contributed by atoms with Gasteiger partial charge in [-0.2, -0.15) is 0 Å². The van der Waals surface area contributed by atoms with Gasteiger partial charge < -0.3 is 10.1 Å². The average molecular weight is 467 g/mol. The van der Waals surface area contributed by atoms with Gasteiger partial charge >= 0.3 is 0 Å². The largest absolute Gasteiger partial charge is 0.491 e. The first-order valence-electron chi connectivity index (χ1n) is 10.9. The SMILES string of the molecule is Cc1cccc(N(CC(=O)NCCOc2ccccc2C(C)C)S(=O)(=O)c2ccccc2)c1. The van der Waals surface area contributed by atoms with Crippen LogP contribution in [-0.2, 0) is 14.8 Å². The number of hydrogen-bond donors (Lipinski definition) is 1. The number of carbonyl (C=O) groups excluding carboxylic acids is 1. The number of rotatable bonds is 10. The molecule has 33 heavy (non-hydrogen) atoms. The zero-order valence-corrected chi connectivity index (χ0v) is 20.0. The van der Waals surface area contributed by atoms with Gasteiger partial charge in [-0.05, 0) is 54.3 Å². The van der Waals surface area contributed by atoms with E-state index in [0.717, 1.165) is 21.2 Å². The summed E-state index contributed by atoms with van der Waals surface area (Å²) in [6, 6.07) is 23.0. The fourth-order valence-corrected chi connectivity index (χ4v) is 4.88. The maximum Gasteiger partial charge on any atom is 0.264 e. The molecule has 0 saturated carbocycles. The first-order chi connectivity index (χ1) is 15.8. The zero-order valence-electron chi connectivity index (χ0n) is 19.2. The Morgan fingerprint density at radius 1 is 0.970 bits per heavy atom. The van der Waals surface area contributed by atoms with E-state index in [-0.39, 0.29) is 24.6 Å². The maximum atomic E-state index is 13.3. The molecule has 1 N–H and O–H groups in total. The number of nitrogens with zero attached hydrogens (tertiary/aromatic N) is 1. The van der Waals surface area contributed by atoms with E-state index < -0.39 is 15.9 Å². The summed E-state index contributed by atoms with van der Waals surface area (Å²) in [6.45, 7) is 6.28. The van der Waals surface area contributed by atoms with Crippen LogP contribution in [0.1, 0.15) is 30.9 Å². The van der Waals surface area contributed by atoms with Gasteiger partial charge in [-0.3, -0.25) is 9.10 Å². The lowest BCUT2D eigenvalue weighted by Crippen LogP contribution is -2.42. The minimum atomic E-state index is -3.91. The fourth-order valence-electron chi connectivity index (χ4n) is 3.44. The number of ether oxygens (including phenoxy) is 1. The number of para-hydroxylation sites is 1. The summed E-state index contributed by atoms with van der Waals surface area (Å²) < 4.78 is 33.6. The van der Waals surface area contributed by atoms with Gasteiger partial charge in [-0.25, -0.2) is 8.42 Å². The number of benzene rings is 3. The predicted octanol–water partition coefficient (Wildman–Crippen LogP) is 4.51. The van der Waals surface area contributed by atoms with Gasteiger partial charge in [0.15, 0.2) is 0 Å². The molecule has 0 spiro atoms. The monoisotopic (exact) mass is 466 g/mol. The van der Waals surface area contributed by atoms with Crippen molar-refractivity contribution in [3.8, 4) is 5.75 Å². The highest BCUT2D eigenvalue weighted by molar-refractivity contribution is 7.92. The van der Waals surface area contributed by atoms with Gasteiger partial charge in [0, 0.05) is 0 Å². The lowest BCUT2D eigenvalue weighted by atomic mass is 10.0. The Bertz CT molecular complexity index is 1180. The van der Waals surface area contributed by atoms with Crippen molar-refractivity contribution in [1.82, 2.24) is 5.32 Å². The summed E-state index contributed by atoms with van der Waals surface area (Å²) in [5, 5.41) is 2.77. The highest BCUT2D eigenvalue weighted by Crippen LogP contribution is 2.26. The summed E-state index contributed by atoms with van der Waals surface area (Å²) in [6.07, 6.45) is 0. The van der Waals surface area contributed by atoms with E-state index in [4.69, 9.17) is 4.74 Å². The molecule has 1 amide bonds. The van der Waals surface area contributed by atoms with E-state index in [0.29, 0.717) is 11.6 Å². The van der Waals surface area contributed by atoms with Gasteiger partial charge in [0.2, 0.25) is 5.91 Å². The number of anilines is 1. The van der Waals surface area contributed by atoms with Gasteiger partial charge in [-0.15, -0.1) is 0 Å². The van der Waals surface area contributed by atoms with Crippen molar-refractivity contribution < 1.29 is 17.9 Å². The van der Waals surface area contributed by atoms with E-state index in [1.54, 1.807) is 36.4 Å². The van der Waals surface area contributed by atoms with Crippen LogP contribution in [0.4, 0.5) is 5.69 Å². The van der Waals surface area contributed by atoms with Crippen LogP contribution in [0.2, 0.25) is 0 Å². The summed E-state index contributed by atoms with van der Waals surface area (Å²) in [7, 11) is -3.91. The van der Waals surface area contributed by atoms with Crippen molar-refractivity contribution in [3.63, 3.8) is 0 Å². The molecule has 0 heterocycles. The molecule has 0 aromatic heterocycles. The smallest absolute Gasteiger partial charge is 0.264 e. The molecule has 0 aliphatic rings. The highest BCUT2D eigenvalue weighted by Gasteiger charge is 2.27. The summed E-state index contributed by atoms with van der Waals surface area (Å²) in [5.41, 5.74) is 2.44. The second-order valence-electron chi connectivity index (χ2n) is 8.05. The molecule has 0 unspecified atom stereocenters. The third-order valence-corrected chi connectivity index (χ3v) is 6.92. The summed E-state index contributed by atoms with van der Waals surface area (Å²) in [4.78, 5) is 12.8. The number of amides is 1. The van der Waals surface area contributed by atoms with Crippen molar-refractivity contribution in [2.24, 2.45) is 0 Å². The molecule has 7 heteroatoms. The maximum absolute atomic E-state index is 13.3. The minimum Gasteiger partial charge on any atom is -0.491 e. The molecule has 0 bridgehead atoms. The molecule has 3 aromatic rings. The third kappa shape index (κ3) is 6.35. The van der Waals surface area contributed by atoms with Crippen LogP contribution >= 0.6 is 0 Å². The summed E-state index contributed by atoms with van der Waals surface area (Å²) >= 11 is 0. The van der Waals surface area contributed by atoms with E-state index in [2.05, 4.69) is 19.2 Å². The number of hydrogen-bond acceptors (Lipinski definition) is 4. The van der Waals surface area contributed by atoms with Crippen LogP contribution in [0.15, 0.2) is 83.8 Å². The Kier molecular flexibility index (Phi) is 8.11. The van der Waals surface area contributed by atoms with Gasteiger partial charge in [-0.1, -0.05) is 62.4 Å². The number of sulfonamides is 1. The molecular weight excluding hydrogens is 436 g/mol. The topological polar surface area (TPSA) is 75.7 Å². The lowest BCUT2D eigenvalue weighted by Gasteiger charge is -2.24. The van der Waals surface area contributed by atoms with Crippen molar-refractivity contribution in [2.45, 2.75) is 31.6 Å². The van der Waals surface area contributed by atoms with Crippen LogP contribution in [0.5, 0.6) is 5.75 Å². The Hall–Kier alpha value is -3.32. The van der Waals surface area contributed by atoms with Crippen LogP contribution in [-0.4, -0.2) is 34.0 Å². The van der Waals surface area contributed by atoms with Crippen molar-refractivity contribution >= 4 is 21.6 Å². The molecule has 0 fully saturated rings. The average Bonchev–Trinajstić information content (AvgIpc) is 2.81. The van der Waals surface area contributed by atoms with Gasteiger partial charge in [0.25, 0.3) is 10.0 Å². The van der Waals surface area contributed by atoms with E-state index in [9.17, 15) is 13.2 Å². The second kappa shape index (κ2) is 11.0. The first-order valence-corrected chi connectivity index (χ1v) is 12.4. The van der Waals surface area contributed by atoms with Crippen molar-refractivity contribution in [3.05, 3.63) is 90.0 Å². The van der Waals surface area contributed by atoms with E-state index >= 15 is 0 Å². The number of aryl methyl sites for hydroxylation is 1. The van der Waals surface area contributed by atoms with Crippen molar-refractivity contribution in [2.75, 3.05) is 24.0 Å².